The van der Waals surface area contributed by atoms with Crippen LogP contribution in [0.25, 0.3) is 0 Å². The van der Waals surface area contributed by atoms with Crippen molar-refractivity contribution in [2.75, 3.05) is 32.8 Å². The Labute approximate surface area is 121 Å². The number of hydrogen-bond acceptors (Lipinski definition) is 3. The molecular weight excluding hydrogens is 260 g/mol. The van der Waals surface area contributed by atoms with Crippen LogP contribution in [0.4, 0.5) is 0 Å². The van der Waals surface area contributed by atoms with Crippen molar-refractivity contribution in [2.45, 2.75) is 20.8 Å². The molecule has 3 nitrogen and oxygen atoms in total. The van der Waals surface area contributed by atoms with Crippen LogP contribution in [0.3, 0.4) is 0 Å². The zero-order chi connectivity index (χ0) is 14.3. The molecule has 0 aliphatic rings. The lowest BCUT2D eigenvalue weighted by molar-refractivity contribution is 0.160. The number of likely N-dealkylation sites (N-methyl/N-ethyl adjacent to an activating group) is 1. The van der Waals surface area contributed by atoms with Crippen LogP contribution in [0.5, 0.6) is 5.75 Å². The minimum atomic E-state index is 0.149. The minimum Gasteiger partial charge on any atom is -0.492 e. The second-order valence-electron chi connectivity index (χ2n) is 5.54. The Morgan fingerprint density at radius 2 is 1.89 bits per heavy atom. The maximum absolute atomic E-state index is 5.83. The molecule has 19 heavy (non-hydrogen) atoms. The van der Waals surface area contributed by atoms with Crippen LogP contribution in [0.15, 0.2) is 24.3 Å². The van der Waals surface area contributed by atoms with Crippen LogP contribution in [-0.4, -0.2) is 37.7 Å². The second-order valence-corrected chi connectivity index (χ2v) is 5.98. The highest BCUT2D eigenvalue weighted by atomic mass is 35.5. The molecular formula is C15H25ClN2O. The van der Waals surface area contributed by atoms with E-state index in [9.17, 15) is 0 Å². The summed E-state index contributed by atoms with van der Waals surface area (Å²) in [7, 11) is 0. The maximum Gasteiger partial charge on any atom is 0.119 e. The lowest BCUT2D eigenvalue weighted by Crippen LogP contribution is -2.40. The van der Waals surface area contributed by atoms with E-state index < -0.39 is 0 Å². The van der Waals surface area contributed by atoms with Crippen LogP contribution < -0.4 is 10.5 Å². The molecule has 0 aliphatic heterocycles. The van der Waals surface area contributed by atoms with E-state index in [1.807, 2.05) is 24.3 Å². The summed E-state index contributed by atoms with van der Waals surface area (Å²) in [5.41, 5.74) is 5.92. The first-order valence-electron chi connectivity index (χ1n) is 6.77. The fraction of sp³-hybridized carbons (Fsp3) is 0.600. The average molecular weight is 285 g/mol. The standard InChI is InChI=1S/C15H25ClN2O/c1-4-18(12-15(2,3)11-17)9-10-19-14-7-5-13(16)6-8-14/h5-8H,4,9-12,17H2,1-3H3. The van der Waals surface area contributed by atoms with Gasteiger partial charge >= 0.3 is 0 Å². The summed E-state index contributed by atoms with van der Waals surface area (Å²) in [6.45, 7) is 10.8. The van der Waals surface area contributed by atoms with Gasteiger partial charge in [-0.3, -0.25) is 4.90 Å². The number of benzene rings is 1. The number of nitrogens with two attached hydrogens (primary N) is 1. The zero-order valence-corrected chi connectivity index (χ0v) is 12.9. The van der Waals surface area contributed by atoms with Crippen molar-refractivity contribution in [2.24, 2.45) is 11.1 Å². The largest absolute Gasteiger partial charge is 0.492 e. The Morgan fingerprint density at radius 1 is 1.26 bits per heavy atom. The molecule has 0 atom stereocenters. The first-order valence-corrected chi connectivity index (χ1v) is 7.15. The minimum absolute atomic E-state index is 0.149. The first kappa shape index (κ1) is 16.3. The maximum atomic E-state index is 5.83. The summed E-state index contributed by atoms with van der Waals surface area (Å²) in [5, 5.41) is 0.729. The molecule has 108 valence electrons. The van der Waals surface area contributed by atoms with Crippen LogP contribution in [-0.2, 0) is 0 Å². The van der Waals surface area contributed by atoms with Gasteiger partial charge in [0.25, 0.3) is 0 Å². The molecule has 0 fully saturated rings. The monoisotopic (exact) mass is 284 g/mol. The van der Waals surface area contributed by atoms with Crippen molar-refractivity contribution < 1.29 is 4.74 Å². The van der Waals surface area contributed by atoms with Gasteiger partial charge in [-0.25, -0.2) is 0 Å². The predicted octanol–water partition coefficient (Wildman–Crippen LogP) is 3.03. The molecule has 0 heterocycles. The Hall–Kier alpha value is -0.770. The Balaban J connectivity index is 2.35. The van der Waals surface area contributed by atoms with Crippen molar-refractivity contribution in [1.29, 1.82) is 0 Å². The Morgan fingerprint density at radius 3 is 2.42 bits per heavy atom. The smallest absolute Gasteiger partial charge is 0.119 e. The molecule has 0 saturated heterocycles. The molecule has 0 amide bonds. The third-order valence-electron chi connectivity index (χ3n) is 3.14. The van der Waals surface area contributed by atoms with Crippen LogP contribution in [0.1, 0.15) is 20.8 Å². The lowest BCUT2D eigenvalue weighted by Gasteiger charge is -2.30. The Kier molecular flexibility index (Phi) is 6.63. The van der Waals surface area contributed by atoms with E-state index in [0.29, 0.717) is 13.2 Å². The molecule has 1 rings (SSSR count). The van der Waals surface area contributed by atoms with Crippen molar-refractivity contribution >= 4 is 11.6 Å². The van der Waals surface area contributed by atoms with Gasteiger partial charge in [-0.15, -0.1) is 0 Å². The van der Waals surface area contributed by atoms with Crippen LogP contribution in [0, 0.1) is 5.41 Å². The molecule has 4 heteroatoms. The number of nitrogens with zero attached hydrogens (tertiary/aromatic N) is 1. The lowest BCUT2D eigenvalue weighted by atomic mass is 9.93. The van der Waals surface area contributed by atoms with Gasteiger partial charge in [-0.05, 0) is 42.8 Å². The van der Waals surface area contributed by atoms with E-state index in [1.54, 1.807) is 0 Å². The van der Waals surface area contributed by atoms with E-state index in [1.165, 1.54) is 0 Å². The third-order valence-corrected chi connectivity index (χ3v) is 3.39. The summed E-state index contributed by atoms with van der Waals surface area (Å²) in [6.07, 6.45) is 0. The molecule has 0 spiro atoms. The van der Waals surface area contributed by atoms with Crippen LogP contribution in [0.2, 0.25) is 5.02 Å². The van der Waals surface area contributed by atoms with Gasteiger partial charge in [0.05, 0.1) is 0 Å². The normalized spacial score (nSPS) is 11.9. The molecule has 0 radical (unpaired) electrons. The van der Waals surface area contributed by atoms with Gasteiger partial charge in [0.1, 0.15) is 12.4 Å². The van der Waals surface area contributed by atoms with Crippen molar-refractivity contribution in [3.63, 3.8) is 0 Å². The Bertz CT molecular complexity index is 365. The quantitative estimate of drug-likeness (QED) is 0.797. The molecule has 0 aliphatic carbocycles. The van der Waals surface area contributed by atoms with Crippen LogP contribution >= 0.6 is 11.6 Å². The van der Waals surface area contributed by atoms with Gasteiger partial charge in [0, 0.05) is 18.1 Å². The van der Waals surface area contributed by atoms with Gasteiger partial charge in [0.15, 0.2) is 0 Å². The third kappa shape index (κ3) is 6.28. The molecule has 2 N–H and O–H groups in total. The topological polar surface area (TPSA) is 38.5 Å². The van der Waals surface area contributed by atoms with E-state index in [0.717, 1.165) is 30.4 Å². The van der Waals surface area contributed by atoms with Crippen molar-refractivity contribution in [3.05, 3.63) is 29.3 Å². The van der Waals surface area contributed by atoms with Crippen molar-refractivity contribution in [1.82, 2.24) is 4.90 Å². The molecule has 0 unspecified atom stereocenters. The molecule has 0 aromatic heterocycles. The number of halogens is 1. The molecule has 0 bridgehead atoms. The number of hydrogen-bond donors (Lipinski definition) is 1. The highest BCUT2D eigenvalue weighted by molar-refractivity contribution is 6.30. The highest BCUT2D eigenvalue weighted by Crippen LogP contribution is 2.16. The van der Waals surface area contributed by atoms with E-state index in [2.05, 4.69) is 25.7 Å². The second kappa shape index (κ2) is 7.73. The van der Waals surface area contributed by atoms with Gasteiger partial charge < -0.3 is 10.5 Å². The van der Waals surface area contributed by atoms with E-state index in [-0.39, 0.29) is 5.41 Å². The summed E-state index contributed by atoms with van der Waals surface area (Å²) in [6, 6.07) is 7.46. The fourth-order valence-electron chi connectivity index (χ4n) is 1.84. The molecule has 1 aromatic rings. The zero-order valence-electron chi connectivity index (χ0n) is 12.2. The predicted molar refractivity (Wildman–Crippen MR) is 81.9 cm³/mol. The highest BCUT2D eigenvalue weighted by Gasteiger charge is 2.19. The van der Waals surface area contributed by atoms with Gasteiger partial charge in [-0.2, -0.15) is 0 Å². The summed E-state index contributed by atoms with van der Waals surface area (Å²) >= 11 is 5.83. The summed E-state index contributed by atoms with van der Waals surface area (Å²) < 4.78 is 5.71. The number of rotatable bonds is 8. The van der Waals surface area contributed by atoms with Crippen molar-refractivity contribution in [3.8, 4) is 5.75 Å². The summed E-state index contributed by atoms with van der Waals surface area (Å²) in [4.78, 5) is 2.36. The van der Waals surface area contributed by atoms with Gasteiger partial charge in [-0.1, -0.05) is 32.4 Å². The fourth-order valence-corrected chi connectivity index (χ4v) is 1.97. The van der Waals surface area contributed by atoms with Gasteiger partial charge in [0.2, 0.25) is 0 Å². The molecule has 1 aromatic carbocycles. The average Bonchev–Trinajstić information content (AvgIpc) is 2.39. The summed E-state index contributed by atoms with van der Waals surface area (Å²) in [5.74, 6) is 0.860. The molecule has 0 saturated carbocycles. The SMILES string of the molecule is CCN(CCOc1ccc(Cl)cc1)CC(C)(C)CN. The number of ether oxygens (including phenoxy) is 1. The van der Waals surface area contributed by atoms with E-state index >= 15 is 0 Å². The first-order chi connectivity index (χ1) is 8.96. The van der Waals surface area contributed by atoms with E-state index in [4.69, 9.17) is 22.1 Å².